The van der Waals surface area contributed by atoms with E-state index in [0.717, 1.165) is 19.3 Å². The van der Waals surface area contributed by atoms with E-state index in [9.17, 15) is 15.0 Å². The van der Waals surface area contributed by atoms with Gasteiger partial charge in [0.1, 0.15) is 29.4 Å². The molecule has 0 aliphatic heterocycles. The van der Waals surface area contributed by atoms with Crippen molar-refractivity contribution in [3.05, 3.63) is 46.8 Å². The van der Waals surface area contributed by atoms with Gasteiger partial charge in [0.25, 0.3) is 5.56 Å². The number of rotatable bonds is 8. The SMILES string of the molecule is CC1(Nc2nc(Nc3cc(C(C)(C)O)ncn3)cc3ccn(CC(O)CO)c(=O)c23)CCC1. The standard InChI is InChI=1S/C23H30N6O4/c1-22(2,33)16-10-17(25-13-24-16)26-18-9-14-5-8-29(11-15(31)12-30)21(32)19(14)20(27-18)28-23(3)6-4-7-23/h5,8-10,13,15,30-31,33H,4,6-7,11-12H2,1-3H3,(H2,24,25,26,27,28). The lowest BCUT2D eigenvalue weighted by Gasteiger charge is -2.39. The van der Waals surface area contributed by atoms with Crippen LogP contribution in [0, 0.1) is 0 Å². The molecule has 1 aliphatic rings. The van der Waals surface area contributed by atoms with Gasteiger partial charge in [-0.2, -0.15) is 0 Å². The Bertz CT molecular complexity index is 1220. The van der Waals surface area contributed by atoms with Gasteiger partial charge in [-0.1, -0.05) is 0 Å². The lowest BCUT2D eigenvalue weighted by atomic mass is 9.78. The second kappa shape index (κ2) is 8.69. The van der Waals surface area contributed by atoms with Gasteiger partial charge >= 0.3 is 0 Å². The lowest BCUT2D eigenvalue weighted by Crippen LogP contribution is -2.42. The average molecular weight is 455 g/mol. The molecule has 1 saturated carbocycles. The minimum atomic E-state index is -1.12. The number of hydrogen-bond donors (Lipinski definition) is 5. The Morgan fingerprint density at radius 2 is 2.00 bits per heavy atom. The Hall–Kier alpha value is -3.08. The van der Waals surface area contributed by atoms with Crippen LogP contribution in [0.4, 0.5) is 17.5 Å². The summed E-state index contributed by atoms with van der Waals surface area (Å²) in [5.41, 5.74) is -1.10. The van der Waals surface area contributed by atoms with Crippen LogP contribution in [-0.4, -0.2) is 53.1 Å². The predicted octanol–water partition coefficient (Wildman–Crippen LogP) is 1.87. The van der Waals surface area contributed by atoms with Crippen LogP contribution >= 0.6 is 0 Å². The highest BCUT2D eigenvalue weighted by atomic mass is 16.3. The van der Waals surface area contributed by atoms with Crippen molar-refractivity contribution in [1.82, 2.24) is 19.5 Å². The van der Waals surface area contributed by atoms with Crippen LogP contribution in [0.15, 0.2) is 35.5 Å². The van der Waals surface area contributed by atoms with E-state index in [4.69, 9.17) is 5.11 Å². The van der Waals surface area contributed by atoms with Gasteiger partial charge in [0.2, 0.25) is 0 Å². The van der Waals surface area contributed by atoms with Crippen molar-refractivity contribution in [2.75, 3.05) is 17.2 Å². The highest BCUT2D eigenvalue weighted by Gasteiger charge is 2.33. The molecule has 3 aromatic heterocycles. The fourth-order valence-electron chi connectivity index (χ4n) is 3.90. The van der Waals surface area contributed by atoms with E-state index in [2.05, 4.69) is 32.5 Å². The molecule has 1 atom stereocenters. The predicted molar refractivity (Wildman–Crippen MR) is 126 cm³/mol. The normalized spacial score (nSPS) is 16.3. The van der Waals surface area contributed by atoms with Crippen LogP contribution in [0.3, 0.4) is 0 Å². The number of nitrogens with zero attached hydrogens (tertiary/aromatic N) is 4. The zero-order valence-electron chi connectivity index (χ0n) is 19.0. The molecule has 3 aromatic rings. The molecule has 0 radical (unpaired) electrons. The fraction of sp³-hybridized carbons (Fsp3) is 0.478. The summed E-state index contributed by atoms with van der Waals surface area (Å²) in [6.07, 6.45) is 4.98. The smallest absolute Gasteiger partial charge is 0.262 e. The first-order valence-corrected chi connectivity index (χ1v) is 11.0. The van der Waals surface area contributed by atoms with Gasteiger partial charge in [-0.25, -0.2) is 15.0 Å². The van der Waals surface area contributed by atoms with E-state index in [1.54, 1.807) is 38.2 Å². The number of pyridine rings is 2. The molecule has 0 saturated heterocycles. The molecule has 1 aliphatic carbocycles. The number of fused-ring (bicyclic) bond motifs is 1. The first kappa shape index (κ1) is 23.1. The third-order valence-corrected chi connectivity index (χ3v) is 6.00. The first-order valence-electron chi connectivity index (χ1n) is 11.0. The van der Waals surface area contributed by atoms with Crippen molar-refractivity contribution >= 4 is 28.2 Å². The molecule has 0 amide bonds. The Kier molecular flexibility index (Phi) is 6.08. The number of anilines is 3. The molecule has 1 unspecified atom stereocenters. The Morgan fingerprint density at radius 3 is 2.64 bits per heavy atom. The number of aliphatic hydroxyl groups excluding tert-OH is 2. The van der Waals surface area contributed by atoms with Crippen molar-refractivity contribution in [3.63, 3.8) is 0 Å². The molecule has 0 aromatic carbocycles. The van der Waals surface area contributed by atoms with E-state index in [1.165, 1.54) is 10.9 Å². The largest absolute Gasteiger partial charge is 0.394 e. The highest BCUT2D eigenvalue weighted by molar-refractivity contribution is 5.93. The van der Waals surface area contributed by atoms with Gasteiger partial charge in [-0.05, 0) is 57.6 Å². The summed E-state index contributed by atoms with van der Waals surface area (Å²) in [4.78, 5) is 26.3. The topological polar surface area (TPSA) is 145 Å². The van der Waals surface area contributed by atoms with E-state index in [1.807, 2.05) is 0 Å². The molecule has 0 spiro atoms. The van der Waals surface area contributed by atoms with Crippen molar-refractivity contribution in [2.45, 2.75) is 63.8 Å². The molecule has 4 rings (SSSR count). The summed E-state index contributed by atoms with van der Waals surface area (Å²) in [6.45, 7) is 4.95. The minimum absolute atomic E-state index is 0.0113. The number of aromatic nitrogens is 4. The van der Waals surface area contributed by atoms with Gasteiger partial charge in [0.15, 0.2) is 0 Å². The second-order valence-corrected chi connectivity index (χ2v) is 9.44. The molecule has 33 heavy (non-hydrogen) atoms. The van der Waals surface area contributed by atoms with Crippen LogP contribution < -0.4 is 16.2 Å². The van der Waals surface area contributed by atoms with Gasteiger partial charge in [0, 0.05) is 17.8 Å². The average Bonchev–Trinajstić information content (AvgIpc) is 2.74. The lowest BCUT2D eigenvalue weighted by molar-refractivity contribution is 0.0737. The molecule has 10 heteroatoms. The van der Waals surface area contributed by atoms with Crippen LogP contribution in [0.2, 0.25) is 0 Å². The van der Waals surface area contributed by atoms with Crippen LogP contribution in [-0.2, 0) is 12.1 Å². The minimum Gasteiger partial charge on any atom is -0.394 e. The highest BCUT2D eigenvalue weighted by Crippen LogP contribution is 2.36. The monoisotopic (exact) mass is 454 g/mol. The molecule has 1 fully saturated rings. The van der Waals surface area contributed by atoms with Crippen molar-refractivity contribution in [1.29, 1.82) is 0 Å². The maximum absolute atomic E-state index is 13.2. The van der Waals surface area contributed by atoms with Crippen molar-refractivity contribution < 1.29 is 15.3 Å². The third-order valence-electron chi connectivity index (χ3n) is 6.00. The second-order valence-electron chi connectivity index (χ2n) is 9.44. The van der Waals surface area contributed by atoms with Crippen LogP contribution in [0.5, 0.6) is 0 Å². The molecule has 0 bridgehead atoms. The Morgan fingerprint density at radius 1 is 1.24 bits per heavy atom. The Balaban J connectivity index is 1.77. The molecule has 3 heterocycles. The summed E-state index contributed by atoms with van der Waals surface area (Å²) >= 11 is 0. The molecular weight excluding hydrogens is 424 g/mol. The maximum atomic E-state index is 13.2. The van der Waals surface area contributed by atoms with E-state index in [-0.39, 0.29) is 17.6 Å². The molecule has 10 nitrogen and oxygen atoms in total. The zero-order chi connectivity index (χ0) is 23.8. The Labute approximate surface area is 191 Å². The maximum Gasteiger partial charge on any atom is 0.262 e. The van der Waals surface area contributed by atoms with Gasteiger partial charge in [-0.15, -0.1) is 0 Å². The quantitative estimate of drug-likeness (QED) is 0.344. The van der Waals surface area contributed by atoms with E-state index >= 15 is 0 Å². The number of nitrogens with one attached hydrogen (secondary N) is 2. The summed E-state index contributed by atoms with van der Waals surface area (Å²) in [5, 5.41) is 36.9. The number of aliphatic hydroxyl groups is 3. The van der Waals surface area contributed by atoms with Gasteiger partial charge in [-0.3, -0.25) is 4.79 Å². The summed E-state index contributed by atoms with van der Waals surface area (Å²) in [7, 11) is 0. The van der Waals surface area contributed by atoms with E-state index < -0.39 is 18.3 Å². The fourth-order valence-corrected chi connectivity index (χ4v) is 3.90. The van der Waals surface area contributed by atoms with Crippen molar-refractivity contribution in [3.8, 4) is 0 Å². The van der Waals surface area contributed by atoms with E-state index in [0.29, 0.717) is 33.9 Å². The van der Waals surface area contributed by atoms with Crippen LogP contribution in [0.1, 0.15) is 45.7 Å². The summed E-state index contributed by atoms with van der Waals surface area (Å²) < 4.78 is 1.38. The first-order chi connectivity index (χ1) is 15.6. The van der Waals surface area contributed by atoms with Gasteiger partial charge < -0.3 is 30.5 Å². The summed E-state index contributed by atoms with van der Waals surface area (Å²) in [5.74, 6) is 1.40. The van der Waals surface area contributed by atoms with Gasteiger partial charge in [0.05, 0.1) is 30.3 Å². The van der Waals surface area contributed by atoms with Crippen molar-refractivity contribution in [2.24, 2.45) is 0 Å². The third kappa shape index (κ3) is 4.97. The van der Waals surface area contributed by atoms with Crippen LogP contribution in [0.25, 0.3) is 10.8 Å². The zero-order valence-corrected chi connectivity index (χ0v) is 19.0. The molecular formula is C23H30N6O4. The summed E-state index contributed by atoms with van der Waals surface area (Å²) in [6, 6.07) is 5.19. The molecule has 176 valence electrons. The molecule has 5 N–H and O–H groups in total. The number of hydrogen-bond acceptors (Lipinski definition) is 9.